The minimum Gasteiger partial charge on any atom is -0.338 e. The van der Waals surface area contributed by atoms with Crippen LogP contribution in [0.4, 0.5) is 17.6 Å². The summed E-state index contributed by atoms with van der Waals surface area (Å²) in [6.07, 6.45) is -3.11. The average Bonchev–Trinajstić information content (AvgIpc) is 2.35. The summed E-state index contributed by atoms with van der Waals surface area (Å²) < 4.78 is 52.1. The van der Waals surface area contributed by atoms with Crippen LogP contribution in [0.25, 0.3) is 0 Å². The number of rotatable bonds is 1. The van der Waals surface area contributed by atoms with E-state index in [0.717, 1.165) is 25.0 Å². The van der Waals surface area contributed by atoms with Crippen LogP contribution in [0, 0.1) is 11.2 Å². The zero-order valence-electron chi connectivity index (χ0n) is 11.9. The number of carbonyl (C=O) groups is 1. The molecule has 0 radical (unpaired) electrons. The molecule has 0 spiro atoms. The van der Waals surface area contributed by atoms with Gasteiger partial charge in [-0.1, -0.05) is 19.9 Å². The molecule has 1 amide bonds. The number of nitrogens with zero attached hydrogens (tertiary/aromatic N) is 1. The molecule has 116 valence electrons. The number of benzene rings is 1. The number of piperidine rings is 1. The fourth-order valence-corrected chi connectivity index (χ4v) is 2.68. The van der Waals surface area contributed by atoms with Crippen LogP contribution >= 0.6 is 0 Å². The molecule has 0 N–H and O–H groups in total. The topological polar surface area (TPSA) is 20.3 Å². The number of hydrogen-bond acceptors (Lipinski definition) is 1. The molecule has 0 atom stereocenters. The lowest BCUT2D eigenvalue weighted by atomic mass is 9.84. The van der Waals surface area contributed by atoms with Gasteiger partial charge in [-0.25, -0.2) is 4.39 Å². The molecule has 0 aliphatic carbocycles. The average molecular weight is 303 g/mol. The van der Waals surface area contributed by atoms with Crippen LogP contribution in [-0.2, 0) is 6.18 Å². The minimum absolute atomic E-state index is 0.105. The molecule has 2 rings (SSSR count). The summed E-state index contributed by atoms with van der Waals surface area (Å²) in [6.45, 7) is 4.82. The first-order valence-corrected chi connectivity index (χ1v) is 6.77. The largest absolute Gasteiger partial charge is 0.419 e. The van der Waals surface area contributed by atoms with Crippen molar-refractivity contribution in [2.75, 3.05) is 13.1 Å². The Labute approximate surface area is 120 Å². The van der Waals surface area contributed by atoms with Crippen LogP contribution < -0.4 is 0 Å². The third-order valence-electron chi connectivity index (χ3n) is 3.72. The number of alkyl halides is 3. The van der Waals surface area contributed by atoms with E-state index in [9.17, 15) is 22.4 Å². The molecule has 2 nitrogen and oxygen atoms in total. The highest BCUT2D eigenvalue weighted by Crippen LogP contribution is 2.34. The van der Waals surface area contributed by atoms with Gasteiger partial charge in [0.05, 0.1) is 11.1 Å². The molecule has 0 saturated carbocycles. The van der Waals surface area contributed by atoms with E-state index < -0.39 is 29.0 Å². The number of carbonyl (C=O) groups excluding carboxylic acids is 1. The SMILES string of the molecule is CC1(C)CCCN(C(=O)c2cccc(C(F)(F)F)c2F)C1. The Bertz CT molecular complexity index is 551. The Morgan fingerprint density at radius 3 is 2.52 bits per heavy atom. The second-order valence-electron chi connectivity index (χ2n) is 6.16. The second kappa shape index (κ2) is 5.31. The molecule has 1 aliphatic rings. The van der Waals surface area contributed by atoms with E-state index in [1.807, 2.05) is 13.8 Å². The molecular formula is C15H17F4NO. The second-order valence-corrected chi connectivity index (χ2v) is 6.16. The van der Waals surface area contributed by atoms with Crippen molar-refractivity contribution in [3.05, 3.63) is 35.1 Å². The van der Waals surface area contributed by atoms with Crippen LogP contribution in [0.2, 0.25) is 0 Å². The van der Waals surface area contributed by atoms with Crippen LogP contribution in [0.1, 0.15) is 42.6 Å². The first kappa shape index (κ1) is 15.8. The normalized spacial score (nSPS) is 18.7. The van der Waals surface area contributed by atoms with Crippen molar-refractivity contribution in [3.63, 3.8) is 0 Å². The van der Waals surface area contributed by atoms with Gasteiger partial charge in [0.2, 0.25) is 0 Å². The lowest BCUT2D eigenvalue weighted by Crippen LogP contribution is -2.43. The van der Waals surface area contributed by atoms with Crippen molar-refractivity contribution in [1.29, 1.82) is 0 Å². The number of likely N-dealkylation sites (tertiary alicyclic amines) is 1. The maximum absolute atomic E-state index is 14.0. The Hall–Kier alpha value is -1.59. The summed E-state index contributed by atoms with van der Waals surface area (Å²) in [5, 5.41) is 0. The molecule has 1 aromatic rings. The summed E-state index contributed by atoms with van der Waals surface area (Å²) in [6, 6.07) is 2.81. The van der Waals surface area contributed by atoms with Gasteiger partial charge in [0.1, 0.15) is 5.82 Å². The smallest absolute Gasteiger partial charge is 0.338 e. The molecule has 0 aromatic heterocycles. The van der Waals surface area contributed by atoms with Gasteiger partial charge in [-0.2, -0.15) is 13.2 Å². The third kappa shape index (κ3) is 3.36. The van der Waals surface area contributed by atoms with Crippen molar-refractivity contribution in [3.8, 4) is 0 Å². The monoisotopic (exact) mass is 303 g/mol. The maximum Gasteiger partial charge on any atom is 0.419 e. The Balaban J connectivity index is 2.32. The highest BCUT2D eigenvalue weighted by Gasteiger charge is 2.37. The zero-order valence-corrected chi connectivity index (χ0v) is 11.9. The molecule has 0 bridgehead atoms. The Morgan fingerprint density at radius 1 is 1.29 bits per heavy atom. The van der Waals surface area contributed by atoms with Crippen LogP contribution in [0.5, 0.6) is 0 Å². The van der Waals surface area contributed by atoms with E-state index in [1.165, 1.54) is 4.90 Å². The van der Waals surface area contributed by atoms with Crippen molar-refractivity contribution < 1.29 is 22.4 Å². The van der Waals surface area contributed by atoms with Gasteiger partial charge in [-0.05, 0) is 30.4 Å². The van der Waals surface area contributed by atoms with E-state index >= 15 is 0 Å². The van der Waals surface area contributed by atoms with Gasteiger partial charge >= 0.3 is 6.18 Å². The van der Waals surface area contributed by atoms with Crippen molar-refractivity contribution >= 4 is 5.91 Å². The highest BCUT2D eigenvalue weighted by molar-refractivity contribution is 5.94. The van der Waals surface area contributed by atoms with Gasteiger partial charge in [0, 0.05) is 13.1 Å². The zero-order chi connectivity index (χ0) is 15.8. The van der Waals surface area contributed by atoms with Crippen LogP contribution in [-0.4, -0.2) is 23.9 Å². The van der Waals surface area contributed by atoms with Gasteiger partial charge in [-0.3, -0.25) is 4.79 Å². The number of hydrogen-bond donors (Lipinski definition) is 0. The molecule has 1 aromatic carbocycles. The summed E-state index contributed by atoms with van der Waals surface area (Å²) in [7, 11) is 0. The predicted molar refractivity (Wildman–Crippen MR) is 70.3 cm³/mol. The molecule has 21 heavy (non-hydrogen) atoms. The molecule has 6 heteroatoms. The minimum atomic E-state index is -4.80. The van der Waals surface area contributed by atoms with E-state index in [-0.39, 0.29) is 5.41 Å². The van der Waals surface area contributed by atoms with Crippen LogP contribution in [0.15, 0.2) is 18.2 Å². The Morgan fingerprint density at radius 2 is 1.95 bits per heavy atom. The standard InChI is InChI=1S/C15H17F4NO/c1-14(2)7-4-8-20(9-14)13(21)10-5-3-6-11(12(10)16)15(17,18)19/h3,5-6H,4,7-9H2,1-2H3. The summed E-state index contributed by atoms with van der Waals surface area (Å²) >= 11 is 0. The molecule has 0 unspecified atom stereocenters. The summed E-state index contributed by atoms with van der Waals surface area (Å²) in [5.74, 6) is -2.16. The van der Waals surface area contributed by atoms with Crippen molar-refractivity contribution in [2.45, 2.75) is 32.9 Å². The van der Waals surface area contributed by atoms with Gasteiger partial charge in [0.15, 0.2) is 0 Å². The number of amides is 1. The summed E-state index contributed by atoms with van der Waals surface area (Å²) in [5.41, 5.74) is -2.02. The third-order valence-corrected chi connectivity index (χ3v) is 3.72. The fourth-order valence-electron chi connectivity index (χ4n) is 2.68. The highest BCUT2D eigenvalue weighted by atomic mass is 19.4. The summed E-state index contributed by atoms with van der Waals surface area (Å²) in [4.78, 5) is 13.7. The Kier molecular flexibility index (Phi) is 4.00. The molecule has 1 fully saturated rings. The van der Waals surface area contributed by atoms with E-state index in [4.69, 9.17) is 0 Å². The molecule has 1 heterocycles. The lowest BCUT2D eigenvalue weighted by molar-refractivity contribution is -0.140. The molecular weight excluding hydrogens is 286 g/mol. The van der Waals surface area contributed by atoms with Gasteiger partial charge in [0.25, 0.3) is 5.91 Å². The van der Waals surface area contributed by atoms with Crippen LogP contribution in [0.3, 0.4) is 0 Å². The molecule has 1 saturated heterocycles. The van der Waals surface area contributed by atoms with E-state index in [2.05, 4.69) is 0 Å². The predicted octanol–water partition coefficient (Wildman–Crippen LogP) is 4.11. The van der Waals surface area contributed by atoms with Gasteiger partial charge < -0.3 is 4.90 Å². The first-order chi connectivity index (χ1) is 9.62. The first-order valence-electron chi connectivity index (χ1n) is 6.77. The lowest BCUT2D eigenvalue weighted by Gasteiger charge is -2.38. The number of halogens is 4. The van der Waals surface area contributed by atoms with E-state index in [1.54, 1.807) is 0 Å². The quantitative estimate of drug-likeness (QED) is 0.715. The maximum atomic E-state index is 14.0. The van der Waals surface area contributed by atoms with Gasteiger partial charge in [-0.15, -0.1) is 0 Å². The van der Waals surface area contributed by atoms with Crippen molar-refractivity contribution in [1.82, 2.24) is 4.90 Å². The van der Waals surface area contributed by atoms with Crippen molar-refractivity contribution in [2.24, 2.45) is 5.41 Å². The fraction of sp³-hybridized carbons (Fsp3) is 0.533. The van der Waals surface area contributed by atoms with E-state index in [0.29, 0.717) is 19.2 Å². The molecule has 1 aliphatic heterocycles.